The van der Waals surface area contributed by atoms with Crippen LogP contribution in [0.5, 0.6) is 0 Å². The Morgan fingerprint density at radius 3 is 2.80 bits per heavy atom. The quantitative estimate of drug-likeness (QED) is 0.394. The molecule has 2 bridgehead atoms. The van der Waals surface area contributed by atoms with Crippen LogP contribution < -0.4 is 0 Å². The molecule has 3 aliphatic rings. The molecule has 0 aromatic carbocycles. The highest BCUT2D eigenvalue weighted by atomic mass is 16.6. The number of aliphatic hydroxyl groups excluding tert-OH is 1. The molecule has 166 valence electrons. The molecule has 1 spiro atoms. The summed E-state index contributed by atoms with van der Waals surface area (Å²) in [5, 5.41) is 9.57. The molecular formula is C22H32N2O6. The maximum Gasteiger partial charge on any atom is 0.312 e. The maximum atomic E-state index is 13.6. The van der Waals surface area contributed by atoms with Gasteiger partial charge in [0.05, 0.1) is 24.5 Å². The third kappa shape index (κ3) is 3.56. The zero-order chi connectivity index (χ0) is 21.9. The van der Waals surface area contributed by atoms with Gasteiger partial charge in [0.25, 0.3) is 0 Å². The smallest absolute Gasteiger partial charge is 0.312 e. The second kappa shape index (κ2) is 9.31. The molecule has 5 atom stereocenters. The van der Waals surface area contributed by atoms with Crippen LogP contribution in [0.1, 0.15) is 32.6 Å². The van der Waals surface area contributed by atoms with Crippen molar-refractivity contribution in [1.82, 2.24) is 9.80 Å². The zero-order valence-electron chi connectivity index (χ0n) is 17.6. The molecule has 2 unspecified atom stereocenters. The van der Waals surface area contributed by atoms with E-state index in [1.807, 2.05) is 6.92 Å². The lowest BCUT2D eigenvalue weighted by atomic mass is 9.70. The minimum atomic E-state index is -1.06. The highest BCUT2D eigenvalue weighted by molar-refractivity contribution is 5.98. The molecule has 3 rings (SSSR count). The molecule has 3 saturated heterocycles. The van der Waals surface area contributed by atoms with Crippen LogP contribution >= 0.6 is 0 Å². The molecule has 30 heavy (non-hydrogen) atoms. The molecule has 1 N–H and O–H groups in total. The molecule has 3 heterocycles. The Morgan fingerprint density at radius 1 is 1.40 bits per heavy atom. The Kier molecular flexibility index (Phi) is 6.98. The standard InChI is InChI=1S/C22H32N2O6/c1-4-7-11-23(10-5-2)20(27)18-22-9-8-15(30-22)16(21(28)29-14-6-3)17(22)19(26)24(18)12-13-25/h5-6,15-18,25H,2-4,7-14H2,1H3/t15-,16+,17+,18?,22?/m1/s1. The molecule has 0 aliphatic carbocycles. The molecule has 3 aliphatic heterocycles. The first-order valence-corrected chi connectivity index (χ1v) is 10.7. The van der Waals surface area contributed by atoms with Crippen LogP contribution in [0.15, 0.2) is 25.3 Å². The lowest BCUT2D eigenvalue weighted by molar-refractivity contribution is -0.154. The fraction of sp³-hybridized carbons (Fsp3) is 0.682. The topological polar surface area (TPSA) is 96.4 Å². The monoisotopic (exact) mass is 420 g/mol. The number of carbonyl (C=O) groups excluding carboxylic acids is 3. The summed E-state index contributed by atoms with van der Waals surface area (Å²) in [6.45, 7) is 10.1. The largest absolute Gasteiger partial charge is 0.461 e. The van der Waals surface area contributed by atoms with E-state index in [0.717, 1.165) is 12.8 Å². The SMILES string of the molecule is C=CCOC(=O)[C@@H]1[C@H]2C(=O)N(CCO)C(C(=O)N(CC=C)CCCC)C23CC[C@H]1O3. The van der Waals surface area contributed by atoms with Gasteiger partial charge < -0.3 is 24.4 Å². The van der Waals surface area contributed by atoms with Crippen molar-refractivity contribution in [2.24, 2.45) is 11.8 Å². The number of rotatable bonds is 11. The number of aliphatic hydroxyl groups is 1. The number of hydrogen-bond donors (Lipinski definition) is 1. The number of likely N-dealkylation sites (tertiary alicyclic amines) is 1. The first kappa shape index (κ1) is 22.5. The highest BCUT2D eigenvalue weighted by Gasteiger charge is 2.74. The summed E-state index contributed by atoms with van der Waals surface area (Å²) < 4.78 is 11.5. The number of unbranched alkanes of at least 4 members (excludes halogenated alkanes) is 1. The van der Waals surface area contributed by atoms with Crippen LogP contribution in [0, 0.1) is 11.8 Å². The van der Waals surface area contributed by atoms with Crippen LogP contribution in [-0.4, -0.2) is 83.3 Å². The Balaban J connectivity index is 1.95. The molecule has 0 radical (unpaired) electrons. The number of nitrogens with zero attached hydrogens (tertiary/aromatic N) is 2. The van der Waals surface area contributed by atoms with E-state index in [-0.39, 0.29) is 31.6 Å². The van der Waals surface area contributed by atoms with Gasteiger partial charge in [0.15, 0.2) is 0 Å². The van der Waals surface area contributed by atoms with Gasteiger partial charge in [-0.05, 0) is 19.3 Å². The Morgan fingerprint density at radius 2 is 2.17 bits per heavy atom. The van der Waals surface area contributed by atoms with Crippen molar-refractivity contribution in [3.63, 3.8) is 0 Å². The van der Waals surface area contributed by atoms with Crippen LogP contribution in [0.3, 0.4) is 0 Å². The average Bonchev–Trinajstić information content (AvgIpc) is 3.37. The molecular weight excluding hydrogens is 388 g/mol. The number of fused-ring (bicyclic) bond motifs is 1. The van der Waals surface area contributed by atoms with Crippen molar-refractivity contribution < 1.29 is 29.0 Å². The van der Waals surface area contributed by atoms with E-state index in [4.69, 9.17) is 9.47 Å². The van der Waals surface area contributed by atoms with Gasteiger partial charge in [0.1, 0.15) is 18.2 Å². The van der Waals surface area contributed by atoms with Crippen molar-refractivity contribution >= 4 is 17.8 Å². The number of β-amino-alcohol motifs (C(OH)–C–C–N with tert-alkyl or cyclic N) is 1. The Hall–Kier alpha value is -2.19. The fourth-order valence-electron chi connectivity index (χ4n) is 5.26. The lowest BCUT2D eigenvalue weighted by Crippen LogP contribution is -2.56. The van der Waals surface area contributed by atoms with E-state index in [1.165, 1.54) is 11.0 Å². The van der Waals surface area contributed by atoms with Crippen molar-refractivity contribution in [1.29, 1.82) is 0 Å². The number of esters is 1. The van der Waals surface area contributed by atoms with Gasteiger partial charge in [-0.3, -0.25) is 14.4 Å². The maximum absolute atomic E-state index is 13.6. The number of hydrogen-bond acceptors (Lipinski definition) is 6. The molecule has 3 fully saturated rings. The summed E-state index contributed by atoms with van der Waals surface area (Å²) in [6, 6.07) is -0.860. The molecule has 2 amide bonds. The summed E-state index contributed by atoms with van der Waals surface area (Å²) in [4.78, 5) is 42.8. The molecule has 8 heteroatoms. The van der Waals surface area contributed by atoms with E-state index in [9.17, 15) is 19.5 Å². The van der Waals surface area contributed by atoms with E-state index < -0.39 is 35.6 Å². The average molecular weight is 421 g/mol. The molecule has 0 aromatic rings. The third-order valence-corrected chi connectivity index (χ3v) is 6.43. The number of ether oxygens (including phenoxy) is 2. The molecule has 0 saturated carbocycles. The summed E-state index contributed by atoms with van der Waals surface area (Å²) in [5.41, 5.74) is -1.06. The molecule has 8 nitrogen and oxygen atoms in total. The first-order valence-electron chi connectivity index (χ1n) is 10.7. The Bertz CT molecular complexity index is 710. The lowest BCUT2D eigenvalue weighted by Gasteiger charge is -2.36. The summed E-state index contributed by atoms with van der Waals surface area (Å²) in [7, 11) is 0. The van der Waals surface area contributed by atoms with Crippen LogP contribution in [0.25, 0.3) is 0 Å². The van der Waals surface area contributed by atoms with Crippen molar-refractivity contribution in [3.05, 3.63) is 25.3 Å². The van der Waals surface area contributed by atoms with Crippen molar-refractivity contribution in [2.45, 2.75) is 50.4 Å². The fourth-order valence-corrected chi connectivity index (χ4v) is 5.26. The third-order valence-electron chi connectivity index (χ3n) is 6.43. The minimum absolute atomic E-state index is 0.0195. The van der Waals surface area contributed by atoms with Crippen LogP contribution in [0.2, 0.25) is 0 Å². The summed E-state index contributed by atoms with van der Waals surface area (Å²) in [5.74, 6) is -2.54. The minimum Gasteiger partial charge on any atom is -0.461 e. The highest BCUT2D eigenvalue weighted by Crippen LogP contribution is 2.58. The van der Waals surface area contributed by atoms with Crippen molar-refractivity contribution in [2.75, 3.05) is 32.8 Å². The van der Waals surface area contributed by atoms with E-state index >= 15 is 0 Å². The number of carbonyl (C=O) groups is 3. The normalized spacial score (nSPS) is 31.5. The second-order valence-electron chi connectivity index (χ2n) is 8.16. The van der Waals surface area contributed by atoms with E-state index in [2.05, 4.69) is 13.2 Å². The van der Waals surface area contributed by atoms with Gasteiger partial charge in [-0.2, -0.15) is 0 Å². The summed E-state index contributed by atoms with van der Waals surface area (Å²) in [6.07, 6.45) is 5.57. The first-order chi connectivity index (χ1) is 14.5. The van der Waals surface area contributed by atoms with Crippen LogP contribution in [0.4, 0.5) is 0 Å². The number of amides is 2. The van der Waals surface area contributed by atoms with Gasteiger partial charge in [-0.15, -0.1) is 6.58 Å². The van der Waals surface area contributed by atoms with Gasteiger partial charge in [-0.1, -0.05) is 32.1 Å². The van der Waals surface area contributed by atoms with E-state index in [1.54, 1.807) is 11.0 Å². The van der Waals surface area contributed by atoms with Gasteiger partial charge in [0, 0.05) is 19.6 Å². The van der Waals surface area contributed by atoms with Crippen molar-refractivity contribution in [3.8, 4) is 0 Å². The van der Waals surface area contributed by atoms with Crippen LogP contribution in [-0.2, 0) is 23.9 Å². The zero-order valence-corrected chi connectivity index (χ0v) is 17.6. The van der Waals surface area contributed by atoms with Gasteiger partial charge in [-0.25, -0.2) is 0 Å². The predicted octanol–water partition coefficient (Wildman–Crippen LogP) is 0.897. The second-order valence-corrected chi connectivity index (χ2v) is 8.16. The van der Waals surface area contributed by atoms with Gasteiger partial charge in [0.2, 0.25) is 11.8 Å². The van der Waals surface area contributed by atoms with E-state index in [0.29, 0.717) is 25.9 Å². The predicted molar refractivity (Wildman–Crippen MR) is 109 cm³/mol. The Labute approximate surface area is 177 Å². The van der Waals surface area contributed by atoms with Gasteiger partial charge >= 0.3 is 5.97 Å². The summed E-state index contributed by atoms with van der Waals surface area (Å²) >= 11 is 0. The molecule has 0 aromatic heterocycles.